The number of hydrogen-bond donors (Lipinski definition) is 2. The Bertz CT molecular complexity index is 474. The van der Waals surface area contributed by atoms with Gasteiger partial charge in [0.15, 0.2) is 5.69 Å². The lowest BCUT2D eigenvalue weighted by atomic mass is 10.0. The van der Waals surface area contributed by atoms with E-state index >= 15 is 0 Å². The number of carboxylic acid groups (broad SMARTS) is 1. The topological polar surface area (TPSA) is 93.5 Å². The van der Waals surface area contributed by atoms with Crippen molar-refractivity contribution in [3.05, 3.63) is 11.8 Å². The molecule has 2 N–H and O–H groups in total. The van der Waals surface area contributed by atoms with Gasteiger partial charge in [-0.15, -0.1) is 0 Å². The number of aromatic nitrogens is 2. The van der Waals surface area contributed by atoms with Crippen LogP contribution in [-0.2, 0) is 11.3 Å². The molecule has 1 atom stereocenters. The Morgan fingerprint density at radius 1 is 1.58 bits per heavy atom. The minimum absolute atomic E-state index is 0.178. The van der Waals surface area contributed by atoms with Crippen LogP contribution in [-0.4, -0.2) is 39.4 Å². The van der Waals surface area contributed by atoms with Crippen molar-refractivity contribution >= 4 is 11.9 Å². The van der Waals surface area contributed by atoms with Crippen LogP contribution in [0.1, 0.15) is 30.8 Å². The Labute approximate surface area is 110 Å². The Kier molecular flexibility index (Phi) is 3.73. The third-order valence-electron chi connectivity index (χ3n) is 2.84. The van der Waals surface area contributed by atoms with Crippen molar-refractivity contribution < 1.29 is 19.4 Å². The highest BCUT2D eigenvalue weighted by Gasteiger charge is 2.25. The second kappa shape index (κ2) is 5.29. The van der Waals surface area contributed by atoms with Crippen molar-refractivity contribution in [3.63, 3.8) is 0 Å². The fourth-order valence-electron chi connectivity index (χ4n) is 1.95. The summed E-state index contributed by atoms with van der Waals surface area (Å²) in [7, 11) is 0. The molecule has 0 saturated heterocycles. The molecule has 104 valence electrons. The van der Waals surface area contributed by atoms with Gasteiger partial charge in [0.2, 0.25) is 5.88 Å². The number of rotatable bonds is 5. The normalized spacial score (nSPS) is 14.9. The largest absolute Gasteiger partial charge is 0.480 e. The molecule has 1 aliphatic heterocycles. The lowest BCUT2D eigenvalue weighted by Gasteiger charge is -2.15. The number of hydrogen-bond acceptors (Lipinski definition) is 4. The lowest BCUT2D eigenvalue weighted by Crippen LogP contribution is -2.41. The van der Waals surface area contributed by atoms with Crippen LogP contribution in [0.3, 0.4) is 0 Å². The van der Waals surface area contributed by atoms with Gasteiger partial charge in [0, 0.05) is 6.07 Å². The fraction of sp³-hybridized carbons (Fsp3) is 0.583. The molecule has 0 spiro atoms. The molecule has 1 aromatic heterocycles. The molecule has 1 aromatic rings. The van der Waals surface area contributed by atoms with Crippen LogP contribution in [0.2, 0.25) is 0 Å². The summed E-state index contributed by atoms with van der Waals surface area (Å²) in [4.78, 5) is 23.0. The van der Waals surface area contributed by atoms with Crippen LogP contribution in [0.4, 0.5) is 0 Å². The van der Waals surface area contributed by atoms with Crippen molar-refractivity contribution in [2.75, 3.05) is 6.61 Å². The molecule has 0 fully saturated rings. The first-order valence-electron chi connectivity index (χ1n) is 6.21. The number of ether oxygens (including phenoxy) is 1. The van der Waals surface area contributed by atoms with Gasteiger partial charge in [-0.2, -0.15) is 5.10 Å². The SMILES string of the molecule is CC(C)C[C@H](NC(=O)c1cc2n(n1)CCO2)C(=O)O. The van der Waals surface area contributed by atoms with E-state index in [9.17, 15) is 9.59 Å². The number of carbonyl (C=O) groups is 2. The molecule has 2 rings (SSSR count). The van der Waals surface area contributed by atoms with Gasteiger partial charge in [0.25, 0.3) is 5.91 Å². The van der Waals surface area contributed by atoms with Crippen molar-refractivity contribution in [3.8, 4) is 5.88 Å². The Morgan fingerprint density at radius 2 is 2.32 bits per heavy atom. The summed E-state index contributed by atoms with van der Waals surface area (Å²) in [5.74, 6) is -0.804. The summed E-state index contributed by atoms with van der Waals surface area (Å²) in [6.45, 7) is 4.97. The van der Waals surface area contributed by atoms with Crippen molar-refractivity contribution in [1.29, 1.82) is 0 Å². The average molecular weight is 267 g/mol. The number of nitrogens with one attached hydrogen (secondary N) is 1. The third kappa shape index (κ3) is 3.04. The Hall–Kier alpha value is -2.05. The predicted molar refractivity (Wildman–Crippen MR) is 66.1 cm³/mol. The molecule has 1 aliphatic rings. The minimum Gasteiger partial charge on any atom is -0.480 e. The summed E-state index contributed by atoms with van der Waals surface area (Å²) in [6.07, 6.45) is 0.380. The number of carboxylic acids is 1. The summed E-state index contributed by atoms with van der Waals surface area (Å²) in [5, 5.41) is 15.6. The summed E-state index contributed by atoms with van der Waals surface area (Å²) >= 11 is 0. The molecule has 0 radical (unpaired) electrons. The van der Waals surface area contributed by atoms with Crippen LogP contribution >= 0.6 is 0 Å². The zero-order valence-electron chi connectivity index (χ0n) is 10.9. The Morgan fingerprint density at radius 3 is 2.89 bits per heavy atom. The number of carbonyl (C=O) groups excluding carboxylic acids is 1. The predicted octanol–water partition coefficient (Wildman–Crippen LogP) is 0.505. The van der Waals surface area contributed by atoms with E-state index in [0.717, 1.165) is 0 Å². The van der Waals surface area contributed by atoms with E-state index in [0.29, 0.717) is 25.5 Å². The van der Waals surface area contributed by atoms with Crippen molar-refractivity contribution in [2.45, 2.75) is 32.9 Å². The number of fused-ring (bicyclic) bond motifs is 1. The highest BCUT2D eigenvalue weighted by molar-refractivity contribution is 5.95. The first kappa shape index (κ1) is 13.4. The molecule has 0 unspecified atom stereocenters. The quantitative estimate of drug-likeness (QED) is 0.810. The summed E-state index contributed by atoms with van der Waals surface area (Å²) in [5.41, 5.74) is 0.185. The molecular formula is C12H17N3O4. The van der Waals surface area contributed by atoms with E-state index in [2.05, 4.69) is 10.4 Å². The van der Waals surface area contributed by atoms with E-state index in [1.165, 1.54) is 6.07 Å². The Balaban J connectivity index is 2.04. The maximum atomic E-state index is 11.9. The van der Waals surface area contributed by atoms with Crippen LogP contribution < -0.4 is 10.1 Å². The molecule has 0 aromatic carbocycles. The summed E-state index contributed by atoms with van der Waals surface area (Å²) in [6, 6.07) is 0.626. The smallest absolute Gasteiger partial charge is 0.326 e. The molecular weight excluding hydrogens is 250 g/mol. The molecule has 0 aliphatic carbocycles. The van der Waals surface area contributed by atoms with Crippen molar-refractivity contribution in [1.82, 2.24) is 15.1 Å². The van der Waals surface area contributed by atoms with E-state index in [1.54, 1.807) is 4.68 Å². The average Bonchev–Trinajstić information content (AvgIpc) is 2.86. The van der Waals surface area contributed by atoms with Crippen LogP contribution in [0.5, 0.6) is 5.88 Å². The molecule has 1 amide bonds. The minimum atomic E-state index is -1.04. The van der Waals surface area contributed by atoms with Crippen LogP contribution in [0.15, 0.2) is 6.07 Å². The van der Waals surface area contributed by atoms with Gasteiger partial charge >= 0.3 is 5.97 Å². The van der Waals surface area contributed by atoms with Gasteiger partial charge in [-0.25, -0.2) is 9.48 Å². The number of amides is 1. The second-order valence-electron chi connectivity index (χ2n) is 4.93. The van der Waals surface area contributed by atoms with Gasteiger partial charge < -0.3 is 15.2 Å². The van der Waals surface area contributed by atoms with E-state index < -0.39 is 17.9 Å². The molecule has 7 nitrogen and oxygen atoms in total. The molecule has 0 saturated carbocycles. The van der Waals surface area contributed by atoms with E-state index in [-0.39, 0.29) is 11.6 Å². The highest BCUT2D eigenvalue weighted by Crippen LogP contribution is 2.18. The zero-order valence-corrected chi connectivity index (χ0v) is 10.9. The number of aliphatic carboxylic acids is 1. The second-order valence-corrected chi connectivity index (χ2v) is 4.93. The summed E-state index contributed by atoms with van der Waals surface area (Å²) < 4.78 is 6.84. The monoisotopic (exact) mass is 267 g/mol. The third-order valence-corrected chi connectivity index (χ3v) is 2.84. The highest BCUT2D eigenvalue weighted by atomic mass is 16.5. The van der Waals surface area contributed by atoms with Crippen LogP contribution in [0.25, 0.3) is 0 Å². The first-order chi connectivity index (χ1) is 8.97. The molecule has 2 heterocycles. The standard InChI is InChI=1S/C12H17N3O4/c1-7(2)5-9(12(17)18)13-11(16)8-6-10-15(14-8)3-4-19-10/h6-7,9H,3-5H2,1-2H3,(H,13,16)(H,17,18)/t9-/m0/s1. The maximum Gasteiger partial charge on any atom is 0.326 e. The number of nitrogens with zero attached hydrogens (tertiary/aromatic N) is 2. The van der Waals surface area contributed by atoms with E-state index in [1.807, 2.05) is 13.8 Å². The lowest BCUT2D eigenvalue weighted by molar-refractivity contribution is -0.139. The molecule has 0 bridgehead atoms. The van der Waals surface area contributed by atoms with Crippen molar-refractivity contribution in [2.24, 2.45) is 5.92 Å². The van der Waals surface area contributed by atoms with Gasteiger partial charge in [-0.1, -0.05) is 13.8 Å². The van der Waals surface area contributed by atoms with Gasteiger partial charge in [-0.05, 0) is 12.3 Å². The first-order valence-corrected chi connectivity index (χ1v) is 6.21. The van der Waals surface area contributed by atoms with E-state index in [4.69, 9.17) is 9.84 Å². The van der Waals surface area contributed by atoms with Gasteiger partial charge in [-0.3, -0.25) is 4.79 Å². The van der Waals surface area contributed by atoms with Gasteiger partial charge in [0.05, 0.1) is 6.54 Å². The van der Waals surface area contributed by atoms with Crippen LogP contribution in [0, 0.1) is 5.92 Å². The van der Waals surface area contributed by atoms with Gasteiger partial charge in [0.1, 0.15) is 12.6 Å². The fourth-order valence-corrected chi connectivity index (χ4v) is 1.95. The zero-order chi connectivity index (χ0) is 14.0. The maximum absolute atomic E-state index is 11.9. The molecule has 7 heteroatoms. The molecule has 19 heavy (non-hydrogen) atoms.